The van der Waals surface area contributed by atoms with E-state index < -0.39 is 0 Å². The summed E-state index contributed by atoms with van der Waals surface area (Å²) in [7, 11) is 0. The van der Waals surface area contributed by atoms with E-state index in [0.29, 0.717) is 23.6 Å². The Morgan fingerprint density at radius 3 is 2.70 bits per heavy atom. The van der Waals surface area contributed by atoms with Crippen molar-refractivity contribution in [2.75, 3.05) is 31.1 Å². The standard InChI is InChI=1S/C20H28N6O/c1-2-3-8-18(27)26-14-11-20(15-26)9-12-25(13-10-20)17-7-5-4-6-16(17)19-21-23-24-22-19/h4-7H,2-3,8-15H2,1H3,(H,21,22,23,24). The summed E-state index contributed by atoms with van der Waals surface area (Å²) < 4.78 is 0. The number of unbranched alkanes of at least 4 members (excludes halogenated alkanes) is 1. The minimum absolute atomic E-state index is 0.307. The number of hydrogen-bond donors (Lipinski definition) is 1. The highest BCUT2D eigenvalue weighted by atomic mass is 16.2. The number of hydrogen-bond acceptors (Lipinski definition) is 5. The van der Waals surface area contributed by atoms with Crippen LogP contribution in [0.1, 0.15) is 45.4 Å². The summed E-state index contributed by atoms with van der Waals surface area (Å²) in [6.45, 7) is 6.03. The van der Waals surface area contributed by atoms with E-state index in [1.807, 2.05) is 6.07 Å². The molecular weight excluding hydrogens is 340 g/mol. The number of nitrogens with zero attached hydrogens (tertiary/aromatic N) is 5. The zero-order valence-electron chi connectivity index (χ0n) is 16.0. The van der Waals surface area contributed by atoms with Gasteiger partial charge in [0.15, 0.2) is 5.82 Å². The second-order valence-corrected chi connectivity index (χ2v) is 7.92. The summed E-state index contributed by atoms with van der Waals surface area (Å²) in [4.78, 5) is 16.9. The minimum Gasteiger partial charge on any atom is -0.371 e. The van der Waals surface area contributed by atoms with Crippen LogP contribution in [0.3, 0.4) is 0 Å². The number of para-hydroxylation sites is 1. The summed E-state index contributed by atoms with van der Waals surface area (Å²) in [5, 5.41) is 14.4. The third-order valence-corrected chi connectivity index (χ3v) is 6.20. The Kier molecular flexibility index (Phi) is 5.09. The molecule has 0 saturated carbocycles. The monoisotopic (exact) mass is 368 g/mol. The van der Waals surface area contributed by atoms with Crippen LogP contribution < -0.4 is 4.90 Å². The van der Waals surface area contributed by atoms with Gasteiger partial charge in [0.1, 0.15) is 0 Å². The van der Waals surface area contributed by atoms with E-state index in [1.165, 1.54) is 5.69 Å². The topological polar surface area (TPSA) is 78.0 Å². The summed E-state index contributed by atoms with van der Waals surface area (Å²) in [5.74, 6) is 1.05. The highest BCUT2D eigenvalue weighted by Gasteiger charge is 2.42. The second-order valence-electron chi connectivity index (χ2n) is 7.92. The third kappa shape index (κ3) is 3.68. The van der Waals surface area contributed by atoms with E-state index >= 15 is 0 Å². The molecule has 1 aromatic carbocycles. The van der Waals surface area contributed by atoms with Crippen LogP contribution in [0, 0.1) is 5.41 Å². The first kappa shape index (κ1) is 17.9. The molecule has 0 radical (unpaired) electrons. The Labute approximate surface area is 160 Å². The smallest absolute Gasteiger partial charge is 0.222 e. The van der Waals surface area contributed by atoms with Crippen molar-refractivity contribution in [2.24, 2.45) is 5.41 Å². The van der Waals surface area contributed by atoms with E-state index in [-0.39, 0.29) is 0 Å². The molecule has 1 amide bonds. The minimum atomic E-state index is 0.307. The number of carbonyl (C=O) groups is 1. The van der Waals surface area contributed by atoms with Crippen LogP contribution in [-0.4, -0.2) is 57.6 Å². The van der Waals surface area contributed by atoms with E-state index in [1.54, 1.807) is 0 Å². The molecule has 2 fully saturated rings. The molecular formula is C20H28N6O. The lowest BCUT2D eigenvalue weighted by atomic mass is 9.77. The van der Waals surface area contributed by atoms with Crippen molar-refractivity contribution in [3.05, 3.63) is 24.3 Å². The number of rotatable bonds is 5. The number of piperidine rings is 1. The van der Waals surface area contributed by atoms with Gasteiger partial charge in [-0.25, -0.2) is 5.10 Å². The average molecular weight is 368 g/mol. The molecule has 3 heterocycles. The lowest BCUT2D eigenvalue weighted by Crippen LogP contribution is -2.42. The number of benzene rings is 1. The maximum absolute atomic E-state index is 12.4. The van der Waals surface area contributed by atoms with Crippen LogP contribution >= 0.6 is 0 Å². The fourth-order valence-corrected chi connectivity index (χ4v) is 4.49. The number of tetrazole rings is 1. The van der Waals surface area contributed by atoms with Crippen LogP contribution in [0.2, 0.25) is 0 Å². The Morgan fingerprint density at radius 2 is 1.96 bits per heavy atom. The molecule has 0 unspecified atom stereocenters. The van der Waals surface area contributed by atoms with Crippen LogP contribution in [0.5, 0.6) is 0 Å². The van der Waals surface area contributed by atoms with Crippen molar-refractivity contribution in [1.29, 1.82) is 0 Å². The predicted molar refractivity (Wildman–Crippen MR) is 104 cm³/mol. The quantitative estimate of drug-likeness (QED) is 0.878. The first-order chi connectivity index (χ1) is 13.2. The molecule has 1 spiro atoms. The molecule has 7 nitrogen and oxygen atoms in total. The number of amides is 1. The van der Waals surface area contributed by atoms with Gasteiger partial charge in [-0.05, 0) is 53.7 Å². The molecule has 27 heavy (non-hydrogen) atoms. The zero-order chi connectivity index (χ0) is 18.7. The van der Waals surface area contributed by atoms with Crippen molar-refractivity contribution < 1.29 is 4.79 Å². The van der Waals surface area contributed by atoms with Crippen molar-refractivity contribution in [3.8, 4) is 11.4 Å². The zero-order valence-corrected chi connectivity index (χ0v) is 16.0. The molecule has 7 heteroatoms. The summed E-state index contributed by atoms with van der Waals surface area (Å²) >= 11 is 0. The Hall–Kier alpha value is -2.44. The maximum Gasteiger partial charge on any atom is 0.222 e. The van der Waals surface area contributed by atoms with Crippen LogP contribution in [0.15, 0.2) is 24.3 Å². The van der Waals surface area contributed by atoms with Crippen LogP contribution in [0.4, 0.5) is 5.69 Å². The molecule has 0 aliphatic carbocycles. The molecule has 2 aromatic rings. The molecule has 1 aromatic heterocycles. The summed E-state index contributed by atoms with van der Waals surface area (Å²) in [6.07, 6.45) is 6.20. The number of anilines is 1. The average Bonchev–Trinajstić information content (AvgIpc) is 3.38. The fraction of sp³-hybridized carbons (Fsp3) is 0.600. The Bertz CT molecular complexity index is 767. The van der Waals surface area contributed by atoms with Gasteiger partial charge in [-0.2, -0.15) is 0 Å². The van der Waals surface area contributed by atoms with Crippen LogP contribution in [0.25, 0.3) is 11.4 Å². The highest BCUT2D eigenvalue weighted by Crippen LogP contribution is 2.42. The lowest BCUT2D eigenvalue weighted by Gasteiger charge is -2.40. The van der Waals surface area contributed by atoms with Crippen LogP contribution in [-0.2, 0) is 4.79 Å². The third-order valence-electron chi connectivity index (χ3n) is 6.20. The number of aromatic amines is 1. The van der Waals surface area contributed by atoms with Gasteiger partial charge in [-0.15, -0.1) is 5.10 Å². The first-order valence-corrected chi connectivity index (χ1v) is 10.1. The van der Waals surface area contributed by atoms with Gasteiger partial charge < -0.3 is 9.80 Å². The van der Waals surface area contributed by atoms with E-state index in [9.17, 15) is 4.79 Å². The Morgan fingerprint density at radius 1 is 1.19 bits per heavy atom. The van der Waals surface area contributed by atoms with Crippen molar-refractivity contribution in [2.45, 2.75) is 45.4 Å². The molecule has 1 N–H and O–H groups in total. The number of aromatic nitrogens is 4. The fourth-order valence-electron chi connectivity index (χ4n) is 4.49. The van der Waals surface area contributed by atoms with E-state index in [0.717, 1.165) is 63.8 Å². The summed E-state index contributed by atoms with van der Waals surface area (Å²) in [6, 6.07) is 8.29. The van der Waals surface area contributed by atoms with Crippen molar-refractivity contribution >= 4 is 11.6 Å². The van der Waals surface area contributed by atoms with Crippen molar-refractivity contribution in [3.63, 3.8) is 0 Å². The second kappa shape index (κ2) is 7.66. The summed E-state index contributed by atoms with van der Waals surface area (Å²) in [5.41, 5.74) is 2.53. The van der Waals surface area contributed by atoms with Gasteiger partial charge in [-0.1, -0.05) is 25.5 Å². The van der Waals surface area contributed by atoms with Crippen molar-refractivity contribution in [1.82, 2.24) is 25.5 Å². The molecule has 2 aliphatic heterocycles. The van der Waals surface area contributed by atoms with E-state index in [2.05, 4.69) is 55.5 Å². The lowest BCUT2D eigenvalue weighted by molar-refractivity contribution is -0.130. The molecule has 0 bridgehead atoms. The maximum atomic E-state index is 12.4. The highest BCUT2D eigenvalue weighted by molar-refractivity contribution is 5.76. The van der Waals surface area contributed by atoms with Gasteiger partial charge in [0, 0.05) is 43.9 Å². The molecule has 0 atom stereocenters. The molecule has 144 valence electrons. The number of nitrogens with one attached hydrogen (secondary N) is 1. The number of likely N-dealkylation sites (tertiary alicyclic amines) is 1. The molecule has 2 aliphatic rings. The van der Waals surface area contributed by atoms with Gasteiger partial charge in [0.05, 0.1) is 0 Å². The molecule has 4 rings (SSSR count). The van der Waals surface area contributed by atoms with Gasteiger partial charge in [0.2, 0.25) is 5.91 Å². The first-order valence-electron chi connectivity index (χ1n) is 10.1. The number of carbonyl (C=O) groups excluding carboxylic acids is 1. The van der Waals surface area contributed by atoms with Gasteiger partial charge in [-0.3, -0.25) is 4.79 Å². The van der Waals surface area contributed by atoms with Gasteiger partial charge >= 0.3 is 0 Å². The number of H-pyrrole nitrogens is 1. The van der Waals surface area contributed by atoms with E-state index in [4.69, 9.17) is 0 Å². The molecule has 2 saturated heterocycles. The Balaban J connectivity index is 1.41. The largest absolute Gasteiger partial charge is 0.371 e. The van der Waals surface area contributed by atoms with Gasteiger partial charge in [0.25, 0.3) is 0 Å². The SMILES string of the molecule is CCCCC(=O)N1CCC2(CCN(c3ccccc3-c3nnn[nH]3)CC2)C1. The predicted octanol–water partition coefficient (Wildman–Crippen LogP) is 2.88. The normalized spacial score (nSPS) is 19.0.